The maximum Gasteiger partial charge on any atom is 0.321 e. The van der Waals surface area contributed by atoms with E-state index in [2.05, 4.69) is 30.7 Å². The maximum atomic E-state index is 11.3. The average Bonchev–Trinajstić information content (AvgIpc) is 2.12. The first-order valence-corrected chi connectivity index (χ1v) is 6.03. The van der Waals surface area contributed by atoms with Crippen molar-refractivity contribution in [2.75, 3.05) is 20.1 Å². The lowest BCUT2D eigenvalue weighted by molar-refractivity contribution is -0.147. The standard InChI is InChI=1S/C12H24N2O2/c1-8(2)11(12(15)16)14-6-9(3)13(5)10(4)7-14/h8-11H,6-7H2,1-5H3,(H,15,16). The summed E-state index contributed by atoms with van der Waals surface area (Å²) in [4.78, 5) is 15.7. The zero-order valence-electron chi connectivity index (χ0n) is 11.0. The van der Waals surface area contributed by atoms with E-state index in [4.69, 9.17) is 0 Å². The molecule has 0 radical (unpaired) electrons. The van der Waals surface area contributed by atoms with E-state index in [1.807, 2.05) is 13.8 Å². The Labute approximate surface area is 98.2 Å². The molecule has 1 rings (SSSR count). The van der Waals surface area contributed by atoms with Crippen LogP contribution in [0.4, 0.5) is 0 Å². The second-order valence-electron chi connectivity index (χ2n) is 5.34. The van der Waals surface area contributed by atoms with Crippen LogP contribution in [-0.4, -0.2) is 59.1 Å². The highest BCUT2D eigenvalue weighted by molar-refractivity contribution is 5.73. The van der Waals surface area contributed by atoms with Gasteiger partial charge >= 0.3 is 5.97 Å². The number of rotatable bonds is 3. The summed E-state index contributed by atoms with van der Waals surface area (Å²) in [6.07, 6.45) is 0. The number of likely N-dealkylation sites (N-methyl/N-ethyl adjacent to an activating group) is 1. The van der Waals surface area contributed by atoms with E-state index in [0.717, 1.165) is 13.1 Å². The molecule has 0 bridgehead atoms. The molecule has 0 amide bonds. The summed E-state index contributed by atoms with van der Waals surface area (Å²) >= 11 is 0. The van der Waals surface area contributed by atoms with E-state index in [1.165, 1.54) is 0 Å². The predicted octanol–water partition coefficient (Wildman–Crippen LogP) is 1.12. The Kier molecular flexibility index (Phi) is 4.33. The lowest BCUT2D eigenvalue weighted by Crippen LogP contribution is -2.60. The summed E-state index contributed by atoms with van der Waals surface area (Å²) < 4.78 is 0. The van der Waals surface area contributed by atoms with Crippen molar-refractivity contribution in [3.63, 3.8) is 0 Å². The molecule has 1 saturated heterocycles. The van der Waals surface area contributed by atoms with Crippen molar-refractivity contribution in [2.24, 2.45) is 5.92 Å². The van der Waals surface area contributed by atoms with Crippen molar-refractivity contribution in [2.45, 2.75) is 45.8 Å². The zero-order chi connectivity index (χ0) is 12.5. The van der Waals surface area contributed by atoms with Crippen molar-refractivity contribution < 1.29 is 9.90 Å². The molecule has 0 aliphatic carbocycles. The summed E-state index contributed by atoms with van der Waals surface area (Å²) in [5.74, 6) is -0.542. The minimum atomic E-state index is -0.695. The molecule has 1 N–H and O–H groups in total. The first kappa shape index (κ1) is 13.5. The maximum absolute atomic E-state index is 11.3. The lowest BCUT2D eigenvalue weighted by atomic mass is 9.99. The van der Waals surface area contributed by atoms with Crippen LogP contribution in [0, 0.1) is 5.92 Å². The molecule has 94 valence electrons. The molecule has 16 heavy (non-hydrogen) atoms. The Morgan fingerprint density at radius 1 is 1.25 bits per heavy atom. The van der Waals surface area contributed by atoms with Crippen LogP contribution in [0.5, 0.6) is 0 Å². The van der Waals surface area contributed by atoms with Gasteiger partial charge in [-0.05, 0) is 26.8 Å². The number of carboxylic acid groups (broad SMARTS) is 1. The molecular weight excluding hydrogens is 204 g/mol. The number of hydrogen-bond acceptors (Lipinski definition) is 3. The lowest BCUT2D eigenvalue weighted by Gasteiger charge is -2.45. The first-order valence-electron chi connectivity index (χ1n) is 6.03. The van der Waals surface area contributed by atoms with Gasteiger partial charge in [-0.15, -0.1) is 0 Å². The fourth-order valence-corrected chi connectivity index (χ4v) is 2.54. The van der Waals surface area contributed by atoms with Gasteiger partial charge in [-0.25, -0.2) is 0 Å². The van der Waals surface area contributed by atoms with Gasteiger partial charge in [0.25, 0.3) is 0 Å². The summed E-state index contributed by atoms with van der Waals surface area (Å²) in [5, 5.41) is 9.28. The summed E-state index contributed by atoms with van der Waals surface area (Å²) in [6, 6.07) is 0.493. The van der Waals surface area contributed by atoms with Gasteiger partial charge in [0.2, 0.25) is 0 Å². The smallest absolute Gasteiger partial charge is 0.321 e. The van der Waals surface area contributed by atoms with E-state index in [-0.39, 0.29) is 12.0 Å². The number of carbonyl (C=O) groups is 1. The van der Waals surface area contributed by atoms with Gasteiger partial charge < -0.3 is 5.11 Å². The highest BCUT2D eigenvalue weighted by Crippen LogP contribution is 2.19. The predicted molar refractivity (Wildman–Crippen MR) is 64.5 cm³/mol. The minimum Gasteiger partial charge on any atom is -0.480 e. The zero-order valence-corrected chi connectivity index (χ0v) is 11.0. The molecule has 0 aromatic heterocycles. The van der Waals surface area contributed by atoms with Crippen LogP contribution in [0.3, 0.4) is 0 Å². The molecule has 1 aliphatic heterocycles. The third-order valence-electron chi connectivity index (χ3n) is 3.67. The van der Waals surface area contributed by atoms with E-state index in [1.54, 1.807) is 0 Å². The van der Waals surface area contributed by atoms with Gasteiger partial charge in [-0.1, -0.05) is 13.8 Å². The Morgan fingerprint density at radius 3 is 2.00 bits per heavy atom. The van der Waals surface area contributed by atoms with Crippen LogP contribution in [0.1, 0.15) is 27.7 Å². The van der Waals surface area contributed by atoms with Gasteiger partial charge in [0.05, 0.1) is 0 Å². The number of hydrogen-bond donors (Lipinski definition) is 1. The highest BCUT2D eigenvalue weighted by Gasteiger charge is 2.35. The molecule has 4 heteroatoms. The van der Waals surface area contributed by atoms with Crippen molar-refractivity contribution in [1.82, 2.24) is 9.80 Å². The van der Waals surface area contributed by atoms with Crippen LogP contribution in [0.15, 0.2) is 0 Å². The fourth-order valence-electron chi connectivity index (χ4n) is 2.54. The molecule has 3 unspecified atom stereocenters. The van der Waals surface area contributed by atoms with Crippen molar-refractivity contribution in [1.29, 1.82) is 0 Å². The number of carboxylic acids is 1. The van der Waals surface area contributed by atoms with E-state index < -0.39 is 5.97 Å². The third kappa shape index (κ3) is 2.74. The molecule has 1 heterocycles. The molecule has 0 aromatic carbocycles. The van der Waals surface area contributed by atoms with Crippen molar-refractivity contribution in [3.8, 4) is 0 Å². The summed E-state index contributed by atoms with van der Waals surface area (Å²) in [5.41, 5.74) is 0. The first-order chi connectivity index (χ1) is 7.34. The number of aliphatic carboxylic acids is 1. The normalized spacial score (nSPS) is 30.6. The SMILES string of the molecule is CC(C)C(C(=O)O)N1CC(C)N(C)C(C)C1. The van der Waals surface area contributed by atoms with Crippen molar-refractivity contribution >= 4 is 5.97 Å². The van der Waals surface area contributed by atoms with Crippen LogP contribution in [0.2, 0.25) is 0 Å². The quantitative estimate of drug-likeness (QED) is 0.786. The van der Waals surface area contributed by atoms with Gasteiger partial charge in [-0.2, -0.15) is 0 Å². The monoisotopic (exact) mass is 228 g/mol. The molecule has 4 nitrogen and oxygen atoms in total. The molecule has 1 fully saturated rings. The number of nitrogens with zero attached hydrogens (tertiary/aromatic N) is 2. The number of piperazine rings is 1. The molecular formula is C12H24N2O2. The van der Waals surface area contributed by atoms with Crippen LogP contribution < -0.4 is 0 Å². The van der Waals surface area contributed by atoms with Crippen LogP contribution >= 0.6 is 0 Å². The largest absolute Gasteiger partial charge is 0.480 e. The molecule has 3 atom stereocenters. The highest BCUT2D eigenvalue weighted by atomic mass is 16.4. The molecule has 1 aliphatic rings. The van der Waals surface area contributed by atoms with Gasteiger partial charge in [0.15, 0.2) is 0 Å². The Balaban J connectivity index is 2.76. The molecule has 0 saturated carbocycles. The third-order valence-corrected chi connectivity index (χ3v) is 3.67. The molecule has 0 spiro atoms. The van der Waals surface area contributed by atoms with Gasteiger partial charge in [0, 0.05) is 25.2 Å². The van der Waals surface area contributed by atoms with Gasteiger partial charge in [0.1, 0.15) is 6.04 Å². The topological polar surface area (TPSA) is 43.8 Å². The molecule has 0 aromatic rings. The second kappa shape index (κ2) is 5.15. The summed E-state index contributed by atoms with van der Waals surface area (Å²) in [6.45, 7) is 9.95. The Bertz CT molecular complexity index is 243. The minimum absolute atomic E-state index is 0.153. The van der Waals surface area contributed by atoms with Crippen LogP contribution in [0.25, 0.3) is 0 Å². The van der Waals surface area contributed by atoms with Gasteiger partial charge in [-0.3, -0.25) is 14.6 Å². The van der Waals surface area contributed by atoms with E-state index in [9.17, 15) is 9.90 Å². The van der Waals surface area contributed by atoms with E-state index in [0.29, 0.717) is 12.1 Å². The van der Waals surface area contributed by atoms with Crippen LogP contribution in [-0.2, 0) is 4.79 Å². The summed E-state index contributed by atoms with van der Waals surface area (Å²) in [7, 11) is 2.11. The average molecular weight is 228 g/mol. The second-order valence-corrected chi connectivity index (χ2v) is 5.34. The Hall–Kier alpha value is -0.610. The Morgan fingerprint density at radius 2 is 1.69 bits per heavy atom. The fraction of sp³-hybridized carbons (Fsp3) is 0.917. The van der Waals surface area contributed by atoms with Crippen molar-refractivity contribution in [3.05, 3.63) is 0 Å². The van der Waals surface area contributed by atoms with E-state index >= 15 is 0 Å².